The third kappa shape index (κ3) is 3.04. The summed E-state index contributed by atoms with van der Waals surface area (Å²) in [7, 11) is 0. The quantitative estimate of drug-likeness (QED) is 0.485. The van der Waals surface area contributed by atoms with Crippen LogP contribution in [-0.2, 0) is 6.18 Å². The molecule has 8 heteroatoms. The Morgan fingerprint density at radius 2 is 1.87 bits per heavy atom. The lowest BCUT2D eigenvalue weighted by Crippen LogP contribution is -2.08. The summed E-state index contributed by atoms with van der Waals surface area (Å²) in [4.78, 5) is 6.85. The minimum atomic E-state index is -4.49. The van der Waals surface area contributed by atoms with Crippen LogP contribution < -0.4 is 0 Å². The Hall–Kier alpha value is -2.06. The molecular formula is C15H10F4N2OS. The Morgan fingerprint density at radius 1 is 1.13 bits per heavy atom. The Kier molecular flexibility index (Phi) is 3.81. The van der Waals surface area contributed by atoms with Gasteiger partial charge >= 0.3 is 6.18 Å². The zero-order valence-corrected chi connectivity index (χ0v) is 12.3. The van der Waals surface area contributed by atoms with E-state index in [0.29, 0.717) is 11.0 Å². The standard InChI is InChI=1S/C15H10F4N2OS/c16-8-2-4-10-11(6-8)21-14(20-10)13(22)9-3-1-7(5-12(9)23)15(17,18)19/h1-6,13,22-23H,(H,20,21). The van der Waals surface area contributed by atoms with E-state index in [0.717, 1.165) is 18.2 Å². The number of nitrogens with zero attached hydrogens (tertiary/aromatic N) is 1. The molecule has 0 aliphatic carbocycles. The Morgan fingerprint density at radius 3 is 2.52 bits per heavy atom. The topological polar surface area (TPSA) is 48.9 Å². The van der Waals surface area contributed by atoms with Gasteiger partial charge in [0.1, 0.15) is 17.7 Å². The third-order valence-electron chi connectivity index (χ3n) is 3.37. The molecule has 0 radical (unpaired) electrons. The number of thiol groups is 1. The number of rotatable bonds is 2. The molecule has 23 heavy (non-hydrogen) atoms. The van der Waals surface area contributed by atoms with Crippen LogP contribution in [0.1, 0.15) is 23.1 Å². The second-order valence-corrected chi connectivity index (χ2v) is 5.44. The number of nitrogens with one attached hydrogen (secondary N) is 1. The van der Waals surface area contributed by atoms with Crippen LogP contribution in [0.4, 0.5) is 17.6 Å². The van der Waals surface area contributed by atoms with E-state index in [1.54, 1.807) is 0 Å². The predicted octanol–water partition coefficient (Wildman–Crippen LogP) is 4.09. The number of aromatic nitrogens is 2. The van der Waals surface area contributed by atoms with E-state index >= 15 is 0 Å². The molecule has 3 aromatic rings. The van der Waals surface area contributed by atoms with Crippen LogP contribution in [0.2, 0.25) is 0 Å². The van der Waals surface area contributed by atoms with Crippen molar-refractivity contribution in [1.29, 1.82) is 0 Å². The van der Waals surface area contributed by atoms with Gasteiger partial charge in [0.05, 0.1) is 16.6 Å². The highest BCUT2D eigenvalue weighted by atomic mass is 32.1. The van der Waals surface area contributed by atoms with Gasteiger partial charge in [-0.3, -0.25) is 0 Å². The first-order valence-electron chi connectivity index (χ1n) is 6.49. The smallest absolute Gasteiger partial charge is 0.380 e. The number of aliphatic hydroxyl groups excluding tert-OH is 1. The molecule has 0 spiro atoms. The van der Waals surface area contributed by atoms with Gasteiger partial charge in [-0.2, -0.15) is 13.2 Å². The van der Waals surface area contributed by atoms with Gasteiger partial charge in [0.15, 0.2) is 0 Å². The molecule has 120 valence electrons. The maximum Gasteiger partial charge on any atom is 0.416 e. The van der Waals surface area contributed by atoms with Gasteiger partial charge in [0.25, 0.3) is 0 Å². The fourth-order valence-corrected chi connectivity index (χ4v) is 2.57. The van der Waals surface area contributed by atoms with Crippen molar-refractivity contribution in [2.75, 3.05) is 0 Å². The summed E-state index contributed by atoms with van der Waals surface area (Å²) in [6, 6.07) is 6.72. The minimum Gasteiger partial charge on any atom is -0.380 e. The zero-order chi connectivity index (χ0) is 16.8. The van der Waals surface area contributed by atoms with Gasteiger partial charge < -0.3 is 10.1 Å². The van der Waals surface area contributed by atoms with E-state index in [1.165, 1.54) is 18.2 Å². The number of aliphatic hydroxyl groups is 1. The van der Waals surface area contributed by atoms with Gasteiger partial charge in [-0.1, -0.05) is 6.07 Å². The number of alkyl halides is 3. The van der Waals surface area contributed by atoms with E-state index in [1.807, 2.05) is 0 Å². The minimum absolute atomic E-state index is 0.0149. The first-order valence-corrected chi connectivity index (χ1v) is 6.94. The highest BCUT2D eigenvalue weighted by molar-refractivity contribution is 7.80. The number of H-pyrrole nitrogens is 1. The van der Waals surface area contributed by atoms with Gasteiger partial charge in [0.2, 0.25) is 0 Å². The number of aromatic amines is 1. The normalized spacial score (nSPS) is 13.5. The predicted molar refractivity (Wildman–Crippen MR) is 78.8 cm³/mol. The van der Waals surface area contributed by atoms with Crippen LogP contribution in [0.3, 0.4) is 0 Å². The average Bonchev–Trinajstić information content (AvgIpc) is 2.88. The summed E-state index contributed by atoms with van der Waals surface area (Å²) in [6.45, 7) is 0. The summed E-state index contributed by atoms with van der Waals surface area (Å²) < 4.78 is 51.1. The lowest BCUT2D eigenvalue weighted by atomic mass is 10.1. The summed E-state index contributed by atoms with van der Waals surface area (Å²) >= 11 is 4.01. The molecule has 0 amide bonds. The molecule has 0 fully saturated rings. The molecule has 1 aromatic heterocycles. The number of hydrogen-bond acceptors (Lipinski definition) is 3. The third-order valence-corrected chi connectivity index (χ3v) is 3.76. The molecule has 0 aliphatic rings. The molecule has 1 atom stereocenters. The van der Waals surface area contributed by atoms with Crippen molar-refractivity contribution in [1.82, 2.24) is 9.97 Å². The fourth-order valence-electron chi connectivity index (χ4n) is 2.23. The monoisotopic (exact) mass is 342 g/mol. The molecule has 1 unspecified atom stereocenters. The van der Waals surface area contributed by atoms with Crippen LogP contribution in [-0.4, -0.2) is 15.1 Å². The SMILES string of the molecule is OC(c1nc2ccc(F)cc2[nH]1)c1ccc(C(F)(F)F)cc1S. The van der Waals surface area contributed by atoms with E-state index in [2.05, 4.69) is 22.6 Å². The van der Waals surface area contributed by atoms with Crippen LogP contribution in [0.25, 0.3) is 11.0 Å². The van der Waals surface area contributed by atoms with E-state index in [9.17, 15) is 22.7 Å². The maximum atomic E-state index is 13.2. The lowest BCUT2D eigenvalue weighted by Gasteiger charge is -2.13. The van der Waals surface area contributed by atoms with Crippen LogP contribution in [0.15, 0.2) is 41.3 Å². The summed E-state index contributed by atoms with van der Waals surface area (Å²) in [6.07, 6.45) is -5.79. The molecule has 3 nitrogen and oxygen atoms in total. The number of fused-ring (bicyclic) bond motifs is 1. The molecule has 0 bridgehead atoms. The molecule has 2 aromatic carbocycles. The number of benzene rings is 2. The van der Waals surface area contributed by atoms with Gasteiger partial charge in [0, 0.05) is 10.5 Å². The molecule has 2 N–H and O–H groups in total. The average molecular weight is 342 g/mol. The van der Waals surface area contributed by atoms with E-state index < -0.39 is 23.7 Å². The van der Waals surface area contributed by atoms with Crippen molar-refractivity contribution in [2.24, 2.45) is 0 Å². The lowest BCUT2D eigenvalue weighted by molar-refractivity contribution is -0.137. The van der Waals surface area contributed by atoms with Crippen LogP contribution >= 0.6 is 12.6 Å². The van der Waals surface area contributed by atoms with Crippen molar-refractivity contribution in [3.05, 3.63) is 59.2 Å². The maximum absolute atomic E-state index is 13.2. The fraction of sp³-hybridized carbons (Fsp3) is 0.133. The highest BCUT2D eigenvalue weighted by Gasteiger charge is 2.31. The summed E-state index contributed by atoms with van der Waals surface area (Å²) in [5, 5.41) is 10.3. The number of imidazole rings is 1. The molecule has 0 saturated carbocycles. The van der Waals surface area contributed by atoms with Gasteiger partial charge in [-0.25, -0.2) is 9.37 Å². The van der Waals surface area contributed by atoms with Crippen molar-refractivity contribution < 1.29 is 22.7 Å². The van der Waals surface area contributed by atoms with E-state index in [-0.39, 0.29) is 16.3 Å². The van der Waals surface area contributed by atoms with Crippen LogP contribution in [0, 0.1) is 5.82 Å². The molecule has 0 aliphatic heterocycles. The van der Waals surface area contributed by atoms with Crippen molar-refractivity contribution in [3.63, 3.8) is 0 Å². The largest absolute Gasteiger partial charge is 0.416 e. The first-order chi connectivity index (χ1) is 10.8. The Balaban J connectivity index is 2.00. The number of hydrogen-bond donors (Lipinski definition) is 3. The van der Waals surface area contributed by atoms with Crippen LogP contribution in [0.5, 0.6) is 0 Å². The van der Waals surface area contributed by atoms with Crippen molar-refractivity contribution in [3.8, 4) is 0 Å². The first kappa shape index (κ1) is 15.8. The molecule has 1 heterocycles. The zero-order valence-electron chi connectivity index (χ0n) is 11.4. The van der Waals surface area contributed by atoms with Gasteiger partial charge in [-0.15, -0.1) is 12.6 Å². The molecular weight excluding hydrogens is 332 g/mol. The Bertz CT molecular complexity index is 876. The number of halogens is 4. The van der Waals surface area contributed by atoms with Crippen molar-refractivity contribution in [2.45, 2.75) is 17.2 Å². The summed E-state index contributed by atoms with van der Waals surface area (Å²) in [5.74, 6) is -0.368. The Labute approximate surface area is 133 Å². The van der Waals surface area contributed by atoms with Crippen molar-refractivity contribution >= 4 is 23.7 Å². The molecule has 0 saturated heterocycles. The highest BCUT2D eigenvalue weighted by Crippen LogP contribution is 2.34. The molecule has 3 rings (SSSR count). The second kappa shape index (κ2) is 5.54. The van der Waals surface area contributed by atoms with Gasteiger partial charge in [-0.05, 0) is 30.3 Å². The second-order valence-electron chi connectivity index (χ2n) is 4.96. The van der Waals surface area contributed by atoms with E-state index in [4.69, 9.17) is 0 Å². The summed E-state index contributed by atoms with van der Waals surface area (Å²) in [5.41, 5.74) is 0.130.